The Morgan fingerprint density at radius 3 is 2.20 bits per heavy atom. The molecule has 1 aliphatic heterocycles. The lowest BCUT2D eigenvalue weighted by atomic mass is 10.2. The van der Waals surface area contributed by atoms with Crippen molar-refractivity contribution in [1.29, 1.82) is 0 Å². The highest BCUT2D eigenvalue weighted by Gasteiger charge is 2.18. The maximum Gasteiger partial charge on any atom is 0.260 e. The normalized spacial score (nSPS) is 14.5. The lowest BCUT2D eigenvalue weighted by molar-refractivity contribution is 0.122. The van der Waals surface area contributed by atoms with Crippen LogP contribution in [0.2, 0.25) is 0 Å². The van der Waals surface area contributed by atoms with Gasteiger partial charge in [-0.2, -0.15) is 0 Å². The Bertz CT molecular complexity index is 901. The van der Waals surface area contributed by atoms with Crippen molar-refractivity contribution < 1.29 is 4.74 Å². The van der Waals surface area contributed by atoms with Gasteiger partial charge in [0.25, 0.3) is 5.56 Å². The zero-order chi connectivity index (χ0) is 17.1. The lowest BCUT2D eigenvalue weighted by Gasteiger charge is -2.28. The number of anilines is 1. The van der Waals surface area contributed by atoms with Gasteiger partial charge in [-0.1, -0.05) is 48.5 Å². The van der Waals surface area contributed by atoms with E-state index in [1.807, 2.05) is 60.7 Å². The summed E-state index contributed by atoms with van der Waals surface area (Å²) in [4.78, 5) is 19.9. The SMILES string of the molecule is O=c1cc(N2CCOCC2)nc(-c2ccccc2)n1-c1ccccc1. The van der Waals surface area contributed by atoms with Gasteiger partial charge < -0.3 is 9.64 Å². The summed E-state index contributed by atoms with van der Waals surface area (Å²) in [6.07, 6.45) is 0. The van der Waals surface area contributed by atoms with Crippen molar-refractivity contribution in [3.05, 3.63) is 77.1 Å². The first-order valence-electron chi connectivity index (χ1n) is 8.40. The van der Waals surface area contributed by atoms with Crippen LogP contribution in [0.15, 0.2) is 71.5 Å². The highest BCUT2D eigenvalue weighted by atomic mass is 16.5. The number of hydrogen-bond donors (Lipinski definition) is 0. The van der Waals surface area contributed by atoms with E-state index in [0.717, 1.165) is 24.3 Å². The van der Waals surface area contributed by atoms with Crippen LogP contribution in [-0.2, 0) is 4.74 Å². The molecule has 4 rings (SSSR count). The Morgan fingerprint density at radius 1 is 0.880 bits per heavy atom. The molecule has 0 aliphatic carbocycles. The van der Waals surface area contributed by atoms with Gasteiger partial charge in [-0.25, -0.2) is 4.98 Å². The molecule has 5 nitrogen and oxygen atoms in total. The second kappa shape index (κ2) is 6.91. The maximum atomic E-state index is 12.9. The van der Waals surface area contributed by atoms with Gasteiger partial charge >= 0.3 is 0 Å². The second-order valence-corrected chi connectivity index (χ2v) is 5.91. The summed E-state index contributed by atoms with van der Waals surface area (Å²) in [5, 5.41) is 0. The Morgan fingerprint density at radius 2 is 1.52 bits per heavy atom. The molecule has 1 aliphatic rings. The van der Waals surface area contributed by atoms with E-state index < -0.39 is 0 Å². The third-order valence-electron chi connectivity index (χ3n) is 4.29. The van der Waals surface area contributed by atoms with Crippen molar-refractivity contribution in [2.45, 2.75) is 0 Å². The van der Waals surface area contributed by atoms with Gasteiger partial charge in [-0.3, -0.25) is 9.36 Å². The molecule has 0 spiro atoms. The molecule has 2 aromatic carbocycles. The molecule has 25 heavy (non-hydrogen) atoms. The average Bonchev–Trinajstić information content (AvgIpc) is 2.69. The number of aromatic nitrogens is 2. The standard InChI is InChI=1S/C20H19N3O2/c24-19-15-18(22-11-13-25-14-12-22)21-20(16-7-3-1-4-8-16)23(19)17-9-5-2-6-10-17/h1-10,15H,11-14H2. The molecular weight excluding hydrogens is 314 g/mol. The molecule has 0 atom stereocenters. The molecule has 126 valence electrons. The van der Waals surface area contributed by atoms with Crippen molar-refractivity contribution in [2.24, 2.45) is 0 Å². The van der Waals surface area contributed by atoms with Gasteiger partial charge in [0.05, 0.1) is 18.9 Å². The van der Waals surface area contributed by atoms with E-state index in [2.05, 4.69) is 4.90 Å². The van der Waals surface area contributed by atoms with Crippen LogP contribution < -0.4 is 10.5 Å². The minimum Gasteiger partial charge on any atom is -0.378 e. The molecule has 1 saturated heterocycles. The fraction of sp³-hybridized carbons (Fsp3) is 0.200. The van der Waals surface area contributed by atoms with Crippen LogP contribution >= 0.6 is 0 Å². The quantitative estimate of drug-likeness (QED) is 0.739. The van der Waals surface area contributed by atoms with Crippen LogP contribution in [0.25, 0.3) is 17.1 Å². The van der Waals surface area contributed by atoms with E-state index in [1.165, 1.54) is 0 Å². The van der Waals surface area contributed by atoms with Crippen LogP contribution in [0, 0.1) is 0 Å². The predicted octanol–water partition coefficient (Wildman–Crippen LogP) is 2.74. The molecule has 1 fully saturated rings. The number of morpholine rings is 1. The smallest absolute Gasteiger partial charge is 0.260 e. The first-order chi connectivity index (χ1) is 12.3. The highest BCUT2D eigenvalue weighted by Crippen LogP contribution is 2.22. The molecule has 5 heteroatoms. The van der Waals surface area contributed by atoms with Crippen molar-refractivity contribution in [3.63, 3.8) is 0 Å². The van der Waals surface area contributed by atoms with Gasteiger partial charge in [0.2, 0.25) is 0 Å². The lowest BCUT2D eigenvalue weighted by Crippen LogP contribution is -2.38. The average molecular weight is 333 g/mol. The summed E-state index contributed by atoms with van der Waals surface area (Å²) >= 11 is 0. The molecule has 0 N–H and O–H groups in total. The molecular formula is C20H19N3O2. The number of hydrogen-bond acceptors (Lipinski definition) is 4. The van der Waals surface area contributed by atoms with Crippen LogP contribution in [0.4, 0.5) is 5.82 Å². The van der Waals surface area contributed by atoms with E-state index >= 15 is 0 Å². The zero-order valence-electron chi connectivity index (χ0n) is 13.8. The number of ether oxygens (including phenoxy) is 1. The van der Waals surface area contributed by atoms with Crippen LogP contribution in [-0.4, -0.2) is 35.9 Å². The minimum absolute atomic E-state index is 0.0819. The van der Waals surface area contributed by atoms with E-state index in [0.29, 0.717) is 24.9 Å². The molecule has 3 aromatic rings. The van der Waals surface area contributed by atoms with Crippen LogP contribution in [0.5, 0.6) is 0 Å². The van der Waals surface area contributed by atoms with E-state index in [4.69, 9.17) is 9.72 Å². The summed E-state index contributed by atoms with van der Waals surface area (Å²) in [5.41, 5.74) is 1.65. The largest absolute Gasteiger partial charge is 0.378 e. The minimum atomic E-state index is -0.0819. The topological polar surface area (TPSA) is 47.4 Å². The summed E-state index contributed by atoms with van der Waals surface area (Å²) in [7, 11) is 0. The number of nitrogens with zero attached hydrogens (tertiary/aromatic N) is 3. The Hall–Kier alpha value is -2.92. The predicted molar refractivity (Wildman–Crippen MR) is 98.3 cm³/mol. The van der Waals surface area contributed by atoms with Crippen LogP contribution in [0.1, 0.15) is 0 Å². The Labute approximate surface area is 146 Å². The van der Waals surface area contributed by atoms with Crippen molar-refractivity contribution in [1.82, 2.24) is 9.55 Å². The van der Waals surface area contributed by atoms with Gasteiger partial charge in [0.1, 0.15) is 11.6 Å². The molecule has 0 unspecified atom stereocenters. The molecule has 1 aromatic heterocycles. The van der Waals surface area contributed by atoms with Gasteiger partial charge in [0, 0.05) is 24.7 Å². The maximum absolute atomic E-state index is 12.9. The summed E-state index contributed by atoms with van der Waals surface area (Å²) in [6.45, 7) is 2.81. The third-order valence-corrected chi connectivity index (χ3v) is 4.29. The fourth-order valence-electron chi connectivity index (χ4n) is 3.03. The monoisotopic (exact) mass is 333 g/mol. The van der Waals surface area contributed by atoms with Crippen molar-refractivity contribution in [2.75, 3.05) is 31.2 Å². The zero-order valence-corrected chi connectivity index (χ0v) is 13.8. The summed E-state index contributed by atoms with van der Waals surface area (Å²) in [5.74, 6) is 1.36. The number of rotatable bonds is 3. The number of benzene rings is 2. The molecule has 0 radical (unpaired) electrons. The Kier molecular flexibility index (Phi) is 4.31. The third kappa shape index (κ3) is 3.19. The first-order valence-corrected chi connectivity index (χ1v) is 8.40. The van der Waals surface area contributed by atoms with E-state index in [1.54, 1.807) is 10.6 Å². The van der Waals surface area contributed by atoms with Gasteiger partial charge in [0.15, 0.2) is 0 Å². The molecule has 2 heterocycles. The van der Waals surface area contributed by atoms with Gasteiger partial charge in [-0.05, 0) is 12.1 Å². The highest BCUT2D eigenvalue weighted by molar-refractivity contribution is 5.61. The fourth-order valence-corrected chi connectivity index (χ4v) is 3.03. The first kappa shape index (κ1) is 15.6. The van der Waals surface area contributed by atoms with Gasteiger partial charge in [-0.15, -0.1) is 0 Å². The Balaban J connectivity index is 1.90. The molecule has 0 bridgehead atoms. The number of para-hydroxylation sites is 1. The summed E-state index contributed by atoms with van der Waals surface area (Å²) in [6, 6.07) is 21.1. The summed E-state index contributed by atoms with van der Waals surface area (Å²) < 4.78 is 7.07. The molecule has 0 amide bonds. The van der Waals surface area contributed by atoms with Crippen molar-refractivity contribution in [3.8, 4) is 17.1 Å². The molecule has 0 saturated carbocycles. The second-order valence-electron chi connectivity index (χ2n) is 5.91. The van der Waals surface area contributed by atoms with Crippen LogP contribution in [0.3, 0.4) is 0 Å². The van der Waals surface area contributed by atoms with E-state index in [9.17, 15) is 4.79 Å². The van der Waals surface area contributed by atoms with E-state index in [-0.39, 0.29) is 5.56 Å². The van der Waals surface area contributed by atoms with Crippen molar-refractivity contribution >= 4 is 5.82 Å².